The monoisotopic (exact) mass is 134 g/mol. The molecule has 0 unspecified atom stereocenters. The molecule has 1 aliphatic rings. The summed E-state index contributed by atoms with van der Waals surface area (Å²) in [5, 5.41) is 0. The van der Waals surface area contributed by atoms with Crippen molar-refractivity contribution < 1.29 is 0 Å². The first-order valence-electron chi connectivity index (χ1n) is 3.59. The van der Waals surface area contributed by atoms with Crippen LogP contribution in [0.2, 0.25) is 0 Å². The van der Waals surface area contributed by atoms with E-state index in [0.717, 1.165) is 5.57 Å². The molecule has 1 aliphatic carbocycles. The molecule has 0 saturated carbocycles. The van der Waals surface area contributed by atoms with E-state index in [-0.39, 0.29) is 5.41 Å². The van der Waals surface area contributed by atoms with Gasteiger partial charge in [0.1, 0.15) is 0 Å². The van der Waals surface area contributed by atoms with Gasteiger partial charge in [-0.2, -0.15) is 0 Å². The van der Waals surface area contributed by atoms with Crippen LogP contribution in [0.15, 0.2) is 36.0 Å². The van der Waals surface area contributed by atoms with E-state index in [1.54, 1.807) is 0 Å². The lowest BCUT2D eigenvalue weighted by molar-refractivity contribution is 0.518. The standard InChI is InChI=1S/C10H14/c1-8-5-6-9(7-8)10(2,3)4/h5-7H,1H2,2-4H3. The van der Waals surface area contributed by atoms with Crippen LogP contribution in [-0.4, -0.2) is 0 Å². The van der Waals surface area contributed by atoms with Crippen LogP contribution in [0.4, 0.5) is 0 Å². The number of hydrogen-bond donors (Lipinski definition) is 0. The molecule has 1 rings (SSSR count). The molecule has 0 heteroatoms. The van der Waals surface area contributed by atoms with E-state index in [9.17, 15) is 0 Å². The van der Waals surface area contributed by atoms with Gasteiger partial charge < -0.3 is 0 Å². The summed E-state index contributed by atoms with van der Waals surface area (Å²) in [6.45, 7) is 10.5. The summed E-state index contributed by atoms with van der Waals surface area (Å²) in [4.78, 5) is 0. The second kappa shape index (κ2) is 2.12. The molecule has 0 nitrogen and oxygen atoms in total. The van der Waals surface area contributed by atoms with Crippen molar-refractivity contribution in [3.8, 4) is 0 Å². The summed E-state index contributed by atoms with van der Waals surface area (Å²) < 4.78 is 0. The Morgan fingerprint density at radius 3 is 2.00 bits per heavy atom. The second-order valence-corrected chi connectivity index (χ2v) is 3.76. The molecule has 0 N–H and O–H groups in total. The quantitative estimate of drug-likeness (QED) is 0.477. The summed E-state index contributed by atoms with van der Waals surface area (Å²) >= 11 is 0. The fraction of sp³-hybridized carbons (Fsp3) is 0.400. The first-order valence-corrected chi connectivity index (χ1v) is 3.59. The highest BCUT2D eigenvalue weighted by molar-refractivity contribution is 5.46. The van der Waals surface area contributed by atoms with Gasteiger partial charge in [0, 0.05) is 0 Å². The predicted molar refractivity (Wildman–Crippen MR) is 45.8 cm³/mol. The molecule has 0 amide bonds. The lowest BCUT2D eigenvalue weighted by Gasteiger charge is -2.17. The number of allylic oxidation sites excluding steroid dienone is 5. The molecule has 0 bridgehead atoms. The van der Waals surface area contributed by atoms with E-state index < -0.39 is 0 Å². The maximum Gasteiger partial charge on any atom is -0.0132 e. The molecule has 0 aliphatic heterocycles. The molecular weight excluding hydrogens is 120 g/mol. The van der Waals surface area contributed by atoms with Crippen LogP contribution in [0.5, 0.6) is 0 Å². The van der Waals surface area contributed by atoms with E-state index >= 15 is 0 Å². The Hall–Kier alpha value is -0.780. The van der Waals surface area contributed by atoms with Gasteiger partial charge in [0.05, 0.1) is 0 Å². The highest BCUT2D eigenvalue weighted by atomic mass is 14.2. The van der Waals surface area contributed by atoms with Crippen LogP contribution in [-0.2, 0) is 0 Å². The zero-order valence-corrected chi connectivity index (χ0v) is 6.94. The normalized spacial score (nSPS) is 17.9. The second-order valence-electron chi connectivity index (χ2n) is 3.76. The van der Waals surface area contributed by atoms with E-state index in [4.69, 9.17) is 0 Å². The Morgan fingerprint density at radius 2 is 1.80 bits per heavy atom. The average Bonchev–Trinajstić information content (AvgIpc) is 2.11. The summed E-state index contributed by atoms with van der Waals surface area (Å²) in [5.74, 6) is 0. The first-order chi connectivity index (χ1) is 4.50. The third kappa shape index (κ3) is 1.38. The molecule has 0 heterocycles. The van der Waals surface area contributed by atoms with Crippen LogP contribution in [0.1, 0.15) is 20.8 Å². The van der Waals surface area contributed by atoms with Crippen molar-refractivity contribution in [1.82, 2.24) is 0 Å². The van der Waals surface area contributed by atoms with Gasteiger partial charge in [-0.05, 0) is 16.6 Å². The summed E-state index contributed by atoms with van der Waals surface area (Å²) in [5.41, 5.74) is 2.76. The Balaban J connectivity index is 2.88. The Labute approximate surface area is 62.9 Å². The zero-order chi connectivity index (χ0) is 7.78. The molecular formula is C10H14. The lowest BCUT2D eigenvalue weighted by atomic mass is 9.87. The summed E-state index contributed by atoms with van der Waals surface area (Å²) in [6.07, 6.45) is 6.34. The van der Waals surface area contributed by atoms with Gasteiger partial charge in [-0.25, -0.2) is 0 Å². The Bertz CT molecular complexity index is 209. The van der Waals surface area contributed by atoms with Gasteiger partial charge in [-0.1, -0.05) is 45.6 Å². The third-order valence-corrected chi connectivity index (χ3v) is 1.68. The van der Waals surface area contributed by atoms with Gasteiger partial charge in [-0.15, -0.1) is 0 Å². The SMILES string of the molecule is C=C1C=CC(C(C)(C)C)=C1. The van der Waals surface area contributed by atoms with Crippen molar-refractivity contribution in [1.29, 1.82) is 0 Å². The molecule has 0 aromatic carbocycles. The molecule has 0 spiro atoms. The molecule has 54 valence electrons. The molecule has 0 aromatic heterocycles. The van der Waals surface area contributed by atoms with E-state index in [2.05, 4.69) is 45.6 Å². The van der Waals surface area contributed by atoms with Gasteiger partial charge >= 0.3 is 0 Å². The molecule has 0 atom stereocenters. The van der Waals surface area contributed by atoms with E-state index in [0.29, 0.717) is 0 Å². The van der Waals surface area contributed by atoms with Crippen LogP contribution in [0.25, 0.3) is 0 Å². The van der Waals surface area contributed by atoms with Crippen molar-refractivity contribution >= 4 is 0 Å². The van der Waals surface area contributed by atoms with Gasteiger partial charge in [0.2, 0.25) is 0 Å². The fourth-order valence-corrected chi connectivity index (χ4v) is 0.959. The van der Waals surface area contributed by atoms with Gasteiger partial charge in [0.15, 0.2) is 0 Å². The summed E-state index contributed by atoms with van der Waals surface area (Å²) in [7, 11) is 0. The van der Waals surface area contributed by atoms with E-state index in [1.807, 2.05) is 0 Å². The van der Waals surface area contributed by atoms with Crippen molar-refractivity contribution in [2.75, 3.05) is 0 Å². The Morgan fingerprint density at radius 1 is 1.20 bits per heavy atom. The maximum atomic E-state index is 3.85. The van der Waals surface area contributed by atoms with Crippen molar-refractivity contribution in [2.45, 2.75) is 20.8 Å². The topological polar surface area (TPSA) is 0 Å². The van der Waals surface area contributed by atoms with Crippen LogP contribution in [0, 0.1) is 5.41 Å². The average molecular weight is 134 g/mol. The molecule has 10 heavy (non-hydrogen) atoms. The summed E-state index contributed by atoms with van der Waals surface area (Å²) in [6, 6.07) is 0. The first kappa shape index (κ1) is 7.33. The van der Waals surface area contributed by atoms with Gasteiger partial charge in [-0.3, -0.25) is 0 Å². The number of rotatable bonds is 0. The van der Waals surface area contributed by atoms with Gasteiger partial charge in [0.25, 0.3) is 0 Å². The molecule has 0 aromatic rings. The minimum Gasteiger partial charge on any atom is -0.0918 e. The maximum absolute atomic E-state index is 3.85. The smallest absolute Gasteiger partial charge is 0.0132 e. The third-order valence-electron chi connectivity index (χ3n) is 1.68. The largest absolute Gasteiger partial charge is 0.0918 e. The molecule has 0 radical (unpaired) electrons. The van der Waals surface area contributed by atoms with Crippen LogP contribution >= 0.6 is 0 Å². The minimum atomic E-state index is 0.274. The lowest BCUT2D eigenvalue weighted by Crippen LogP contribution is -2.05. The van der Waals surface area contributed by atoms with Crippen LogP contribution in [0.3, 0.4) is 0 Å². The highest BCUT2D eigenvalue weighted by Crippen LogP contribution is 2.30. The minimum absolute atomic E-state index is 0.274. The Kier molecular flexibility index (Phi) is 1.55. The molecule has 0 saturated heterocycles. The van der Waals surface area contributed by atoms with E-state index in [1.165, 1.54) is 5.57 Å². The zero-order valence-electron chi connectivity index (χ0n) is 6.94. The van der Waals surface area contributed by atoms with Crippen molar-refractivity contribution in [3.63, 3.8) is 0 Å². The molecule has 0 fully saturated rings. The highest BCUT2D eigenvalue weighted by Gasteiger charge is 2.16. The van der Waals surface area contributed by atoms with Crippen molar-refractivity contribution in [3.05, 3.63) is 36.0 Å². The van der Waals surface area contributed by atoms with Crippen LogP contribution < -0.4 is 0 Å². The fourth-order valence-electron chi connectivity index (χ4n) is 0.959. The van der Waals surface area contributed by atoms with Crippen molar-refractivity contribution in [2.24, 2.45) is 5.41 Å². The number of hydrogen-bond acceptors (Lipinski definition) is 0. The predicted octanol–water partition coefficient (Wildman–Crippen LogP) is 3.08.